The van der Waals surface area contributed by atoms with Crippen molar-refractivity contribution in [2.45, 2.75) is 50.0 Å². The lowest BCUT2D eigenvalue weighted by Crippen LogP contribution is -2.15. The second-order valence-corrected chi connectivity index (χ2v) is 7.19. The Labute approximate surface area is 148 Å². The van der Waals surface area contributed by atoms with Crippen LogP contribution in [-0.2, 0) is 6.18 Å². The van der Waals surface area contributed by atoms with E-state index in [4.69, 9.17) is 0 Å². The molecule has 2 aliphatic heterocycles. The Morgan fingerprint density at radius 3 is 2.54 bits per heavy atom. The van der Waals surface area contributed by atoms with Crippen LogP contribution in [0.15, 0.2) is 24.4 Å². The van der Waals surface area contributed by atoms with Crippen molar-refractivity contribution in [1.82, 2.24) is 15.3 Å². The lowest BCUT2D eigenvalue weighted by atomic mass is 9.91. The van der Waals surface area contributed by atoms with Crippen molar-refractivity contribution in [3.05, 3.63) is 41.1 Å². The van der Waals surface area contributed by atoms with Crippen molar-refractivity contribution < 1.29 is 13.2 Å². The molecule has 1 aliphatic carbocycles. The van der Waals surface area contributed by atoms with Gasteiger partial charge in [-0.25, -0.2) is 4.98 Å². The van der Waals surface area contributed by atoms with Gasteiger partial charge in [-0.3, -0.25) is 0 Å². The van der Waals surface area contributed by atoms with Gasteiger partial charge in [0, 0.05) is 30.0 Å². The first-order valence-electron chi connectivity index (χ1n) is 8.85. The van der Waals surface area contributed by atoms with E-state index in [9.17, 15) is 13.2 Å². The molecule has 3 heterocycles. The topological polar surface area (TPSA) is 61.9 Å². The Morgan fingerprint density at radius 1 is 1.04 bits per heavy atom. The lowest BCUT2D eigenvalue weighted by Gasteiger charge is -2.16. The molecule has 3 aliphatic rings. The van der Waals surface area contributed by atoms with Crippen LogP contribution in [0.2, 0.25) is 0 Å². The Morgan fingerprint density at radius 2 is 1.81 bits per heavy atom. The molecule has 0 amide bonds. The molecule has 2 atom stereocenters. The summed E-state index contributed by atoms with van der Waals surface area (Å²) >= 11 is 0. The van der Waals surface area contributed by atoms with Crippen LogP contribution in [0.25, 0.3) is 0 Å². The third kappa shape index (κ3) is 2.78. The van der Waals surface area contributed by atoms with Crippen molar-refractivity contribution in [2.75, 3.05) is 10.6 Å². The molecule has 0 spiro atoms. The molecule has 136 valence electrons. The second kappa shape index (κ2) is 5.57. The summed E-state index contributed by atoms with van der Waals surface area (Å²) in [5, 5.41) is 9.46. The molecule has 5 rings (SSSR count). The highest BCUT2D eigenvalue weighted by Crippen LogP contribution is 2.45. The van der Waals surface area contributed by atoms with E-state index >= 15 is 0 Å². The monoisotopic (exact) mass is 361 g/mol. The van der Waals surface area contributed by atoms with Gasteiger partial charge in [0.05, 0.1) is 0 Å². The molecule has 0 radical (unpaired) electrons. The van der Waals surface area contributed by atoms with E-state index in [1.807, 2.05) is 12.1 Å². The fourth-order valence-corrected chi connectivity index (χ4v) is 3.81. The van der Waals surface area contributed by atoms with Crippen molar-refractivity contribution in [3.63, 3.8) is 0 Å². The summed E-state index contributed by atoms with van der Waals surface area (Å²) in [6.45, 7) is 0. The number of alkyl halides is 3. The first kappa shape index (κ1) is 15.9. The quantitative estimate of drug-likeness (QED) is 0.758. The van der Waals surface area contributed by atoms with E-state index in [0.717, 1.165) is 37.6 Å². The maximum absolute atomic E-state index is 13.2. The van der Waals surface area contributed by atoms with Gasteiger partial charge in [0.1, 0.15) is 11.4 Å². The minimum absolute atomic E-state index is 0.0699. The molecule has 8 heteroatoms. The average Bonchev–Trinajstić information content (AvgIpc) is 3.17. The molecule has 5 nitrogen and oxygen atoms in total. The number of rotatable bonds is 4. The Bertz CT molecular complexity index is 862. The highest BCUT2D eigenvalue weighted by atomic mass is 19.4. The summed E-state index contributed by atoms with van der Waals surface area (Å²) in [6.07, 6.45) is 0.371. The van der Waals surface area contributed by atoms with E-state index in [-0.39, 0.29) is 17.8 Å². The van der Waals surface area contributed by atoms with E-state index in [0.29, 0.717) is 12.1 Å². The van der Waals surface area contributed by atoms with Crippen LogP contribution in [-0.4, -0.2) is 16.0 Å². The van der Waals surface area contributed by atoms with Gasteiger partial charge in [0.15, 0.2) is 0 Å². The summed E-state index contributed by atoms with van der Waals surface area (Å²) in [7, 11) is 0. The van der Waals surface area contributed by atoms with E-state index in [2.05, 4.69) is 32.0 Å². The van der Waals surface area contributed by atoms with E-state index in [1.165, 1.54) is 11.1 Å². The molecule has 1 saturated heterocycles. The molecule has 1 aromatic heterocycles. The smallest absolute Gasteiger partial charge is 0.367 e. The van der Waals surface area contributed by atoms with Crippen LogP contribution in [0.4, 0.5) is 30.6 Å². The molecule has 1 saturated carbocycles. The second-order valence-electron chi connectivity index (χ2n) is 7.19. The minimum atomic E-state index is -4.48. The van der Waals surface area contributed by atoms with E-state index < -0.39 is 11.7 Å². The van der Waals surface area contributed by atoms with Gasteiger partial charge in [-0.1, -0.05) is 6.07 Å². The standard InChI is InChI=1S/C18H18F3N5/c19-18(20,21)13-8-22-17(26-16(13)23-9-1-2-9)24-10-3-4-11-12(7-10)15-6-5-14(11)25-15/h3-4,7-9,14-15,25H,1-2,5-6H2,(H2,22,23,24,26). The highest BCUT2D eigenvalue weighted by Gasteiger charge is 2.37. The summed E-state index contributed by atoms with van der Waals surface area (Å²) in [4.78, 5) is 7.96. The number of hydrogen-bond acceptors (Lipinski definition) is 5. The van der Waals surface area contributed by atoms with Crippen LogP contribution in [0.3, 0.4) is 0 Å². The van der Waals surface area contributed by atoms with Crippen molar-refractivity contribution in [2.24, 2.45) is 0 Å². The van der Waals surface area contributed by atoms with Gasteiger partial charge in [-0.2, -0.15) is 18.2 Å². The number of aromatic nitrogens is 2. The molecule has 26 heavy (non-hydrogen) atoms. The molecule has 2 fully saturated rings. The molecular weight excluding hydrogens is 343 g/mol. The van der Waals surface area contributed by atoms with Crippen LogP contribution < -0.4 is 16.0 Å². The maximum Gasteiger partial charge on any atom is 0.421 e. The van der Waals surface area contributed by atoms with Gasteiger partial charge >= 0.3 is 6.18 Å². The molecule has 1 aromatic carbocycles. The van der Waals surface area contributed by atoms with E-state index in [1.54, 1.807) is 0 Å². The number of anilines is 3. The SMILES string of the molecule is FC(F)(F)c1cnc(Nc2ccc3c(c2)C2CCC3N2)nc1NC1CC1. The minimum Gasteiger partial charge on any atom is -0.367 e. The number of fused-ring (bicyclic) bond motifs is 5. The third-order valence-electron chi connectivity index (χ3n) is 5.25. The summed E-state index contributed by atoms with van der Waals surface area (Å²) in [6, 6.07) is 6.91. The number of halogens is 3. The zero-order chi connectivity index (χ0) is 17.9. The number of hydrogen-bond donors (Lipinski definition) is 3. The highest BCUT2D eigenvalue weighted by molar-refractivity contribution is 5.60. The molecule has 3 N–H and O–H groups in total. The van der Waals surface area contributed by atoms with Gasteiger partial charge < -0.3 is 16.0 Å². The molecule has 2 bridgehead atoms. The zero-order valence-corrected chi connectivity index (χ0v) is 13.9. The largest absolute Gasteiger partial charge is 0.421 e. The summed E-state index contributed by atoms with van der Waals surface area (Å²) < 4.78 is 39.5. The third-order valence-corrected chi connectivity index (χ3v) is 5.25. The molecular formula is C18H18F3N5. The van der Waals surface area contributed by atoms with Crippen LogP contribution >= 0.6 is 0 Å². The number of nitrogens with zero attached hydrogens (tertiary/aromatic N) is 2. The van der Waals surface area contributed by atoms with Crippen molar-refractivity contribution >= 4 is 17.5 Å². The predicted octanol–water partition coefficient (Wildman–Crippen LogP) is 4.29. The van der Waals surface area contributed by atoms with Crippen molar-refractivity contribution in [3.8, 4) is 0 Å². The Balaban J connectivity index is 1.43. The number of benzene rings is 1. The van der Waals surface area contributed by atoms with Gasteiger partial charge in [0.25, 0.3) is 0 Å². The van der Waals surface area contributed by atoms with Crippen molar-refractivity contribution in [1.29, 1.82) is 0 Å². The van der Waals surface area contributed by atoms with Gasteiger partial charge in [-0.15, -0.1) is 0 Å². The Hall–Kier alpha value is -2.35. The predicted molar refractivity (Wildman–Crippen MR) is 91.3 cm³/mol. The fourth-order valence-electron chi connectivity index (χ4n) is 3.81. The number of nitrogens with one attached hydrogen (secondary N) is 3. The normalized spacial score (nSPS) is 23.8. The van der Waals surface area contributed by atoms with Crippen LogP contribution in [0.5, 0.6) is 0 Å². The fraction of sp³-hybridized carbons (Fsp3) is 0.444. The van der Waals surface area contributed by atoms with Gasteiger partial charge in [0.2, 0.25) is 5.95 Å². The lowest BCUT2D eigenvalue weighted by molar-refractivity contribution is -0.137. The Kier molecular flexibility index (Phi) is 3.40. The zero-order valence-electron chi connectivity index (χ0n) is 13.9. The summed E-state index contributed by atoms with van der Waals surface area (Å²) in [5.74, 6) is 0.0107. The van der Waals surface area contributed by atoms with Crippen LogP contribution in [0.1, 0.15) is 54.5 Å². The first-order valence-corrected chi connectivity index (χ1v) is 8.85. The summed E-state index contributed by atoms with van der Waals surface area (Å²) in [5.41, 5.74) is 2.53. The maximum atomic E-state index is 13.2. The van der Waals surface area contributed by atoms with Crippen LogP contribution in [0, 0.1) is 0 Å². The molecule has 2 aromatic rings. The van der Waals surface area contributed by atoms with Gasteiger partial charge in [-0.05, 0) is 48.9 Å². The first-order chi connectivity index (χ1) is 12.5. The molecule has 2 unspecified atom stereocenters. The average molecular weight is 361 g/mol.